The SMILES string of the molecule is Cc1cn2cc(NC(=O)c3ccc(N4C[C@@H](C)N[C@H]([C@H](C)CCC5CN(c6cc(F)c(C(=O)Nc7cc(F)c8nc(C)cn8c7)c7nccnc67)CC(C)N5)C4)c4nccnc34)cc(F)c2n1. The third-order valence-electron chi connectivity index (χ3n) is 12.7. The number of anilines is 4. The Labute approximate surface area is 383 Å². The number of amides is 2. The lowest BCUT2D eigenvalue weighted by atomic mass is 9.90. The van der Waals surface area contributed by atoms with E-state index in [1.165, 1.54) is 35.1 Å². The highest BCUT2D eigenvalue weighted by Gasteiger charge is 2.33. The zero-order valence-corrected chi connectivity index (χ0v) is 37.6. The van der Waals surface area contributed by atoms with E-state index in [0.29, 0.717) is 65.4 Å². The molecule has 4 N–H and O–H groups in total. The minimum Gasteiger partial charge on any atom is -0.367 e. The Morgan fingerprint density at radius 3 is 1.87 bits per heavy atom. The van der Waals surface area contributed by atoms with E-state index in [1.54, 1.807) is 55.3 Å². The van der Waals surface area contributed by atoms with Crippen LogP contribution in [0.15, 0.2) is 79.9 Å². The fourth-order valence-electron chi connectivity index (χ4n) is 9.78. The molecule has 5 atom stereocenters. The third kappa shape index (κ3) is 8.55. The van der Waals surface area contributed by atoms with E-state index in [0.717, 1.165) is 24.6 Å². The van der Waals surface area contributed by atoms with Gasteiger partial charge in [0.25, 0.3) is 11.8 Å². The number of imidazole rings is 2. The molecule has 0 spiro atoms. The molecule has 0 bridgehead atoms. The van der Waals surface area contributed by atoms with Gasteiger partial charge in [-0.15, -0.1) is 0 Å². The van der Waals surface area contributed by atoms with Crippen molar-refractivity contribution >= 4 is 67.9 Å². The standard InChI is InChI=1S/C48H49F3N14O2/c1-25(37-24-63(18-27(3)57-37)38-9-8-33(41-42(38)53-11-10-52-41)47(66)60-31-14-35(50)45-58-28(4)19-64(45)22-31)6-7-30-21-62(17-26(2)56-30)39-16-34(49)40(44-43(39)54-12-13-55-44)48(67)61-32-15-36(51)46-59-29(5)20-65(46)23-32/h8-16,19-20,22-23,25-27,30,37,56-57H,6-7,17-18,21,24H2,1-5H3,(H,60,66)(H,61,67)/t25-,26?,27-,30?,37+/m1/s1. The number of piperazine rings is 2. The molecular weight excluding hydrogens is 862 g/mol. The highest BCUT2D eigenvalue weighted by molar-refractivity contribution is 6.14. The molecule has 19 heteroatoms. The Morgan fingerprint density at radius 1 is 0.672 bits per heavy atom. The van der Waals surface area contributed by atoms with E-state index in [4.69, 9.17) is 4.98 Å². The number of rotatable bonds is 10. The van der Waals surface area contributed by atoms with Crippen LogP contribution in [-0.2, 0) is 0 Å². The Morgan fingerprint density at radius 2 is 1.22 bits per heavy atom. The number of nitrogens with one attached hydrogen (secondary N) is 4. The molecule has 2 fully saturated rings. The quantitative estimate of drug-likeness (QED) is 0.113. The van der Waals surface area contributed by atoms with Crippen molar-refractivity contribution in [3.05, 3.63) is 120 Å². The highest BCUT2D eigenvalue weighted by atomic mass is 19.1. The van der Waals surface area contributed by atoms with Gasteiger partial charge in [-0.1, -0.05) is 6.92 Å². The number of aromatic nitrogens is 8. The van der Waals surface area contributed by atoms with Crippen molar-refractivity contribution in [1.82, 2.24) is 49.3 Å². The summed E-state index contributed by atoms with van der Waals surface area (Å²) in [5.41, 5.74) is 5.02. The fourth-order valence-corrected chi connectivity index (χ4v) is 9.78. The summed E-state index contributed by atoms with van der Waals surface area (Å²) in [6.45, 7) is 12.6. The number of hydrogen-bond acceptors (Lipinski definition) is 12. The summed E-state index contributed by atoms with van der Waals surface area (Å²) < 4.78 is 49.0. The molecule has 0 aliphatic carbocycles. The molecule has 0 saturated carbocycles. The maximum absolute atomic E-state index is 16.2. The predicted molar refractivity (Wildman–Crippen MR) is 250 cm³/mol. The van der Waals surface area contributed by atoms with Crippen molar-refractivity contribution in [2.24, 2.45) is 5.92 Å². The van der Waals surface area contributed by atoms with Crippen LogP contribution in [0.2, 0.25) is 0 Å². The summed E-state index contributed by atoms with van der Waals surface area (Å²) in [6, 6.07) is 7.83. The molecule has 8 aromatic rings. The van der Waals surface area contributed by atoms with Gasteiger partial charge in [0.2, 0.25) is 0 Å². The normalized spacial score (nSPS) is 19.4. The van der Waals surface area contributed by atoms with Gasteiger partial charge in [-0.2, -0.15) is 0 Å². The Bertz CT molecular complexity index is 3230. The van der Waals surface area contributed by atoms with Crippen molar-refractivity contribution in [1.29, 1.82) is 0 Å². The van der Waals surface area contributed by atoms with Gasteiger partial charge in [-0.3, -0.25) is 29.5 Å². The van der Waals surface area contributed by atoms with Crippen molar-refractivity contribution in [3.63, 3.8) is 0 Å². The molecule has 16 nitrogen and oxygen atoms in total. The monoisotopic (exact) mass is 910 g/mol. The maximum Gasteiger partial charge on any atom is 0.260 e. The first kappa shape index (κ1) is 43.6. The van der Waals surface area contributed by atoms with E-state index in [-0.39, 0.29) is 63.8 Å². The van der Waals surface area contributed by atoms with Gasteiger partial charge in [0.1, 0.15) is 33.4 Å². The number of hydrogen-bond donors (Lipinski definition) is 4. The van der Waals surface area contributed by atoms with Crippen LogP contribution in [-0.4, -0.2) is 101 Å². The van der Waals surface area contributed by atoms with Gasteiger partial charge >= 0.3 is 0 Å². The van der Waals surface area contributed by atoms with Crippen LogP contribution in [0, 0.1) is 37.2 Å². The minimum absolute atomic E-state index is 0.0667. The number of carbonyl (C=O) groups is 2. The van der Waals surface area contributed by atoms with Crippen molar-refractivity contribution in [2.75, 3.05) is 46.6 Å². The Kier molecular flexibility index (Phi) is 11.4. The van der Waals surface area contributed by atoms with Gasteiger partial charge < -0.3 is 39.9 Å². The van der Waals surface area contributed by atoms with E-state index in [9.17, 15) is 18.4 Å². The number of fused-ring (bicyclic) bond motifs is 4. The van der Waals surface area contributed by atoms with Crippen LogP contribution in [0.4, 0.5) is 35.9 Å². The van der Waals surface area contributed by atoms with Crippen LogP contribution in [0.25, 0.3) is 33.4 Å². The second kappa shape index (κ2) is 17.5. The molecular formula is C48H49F3N14O2. The molecule has 67 heavy (non-hydrogen) atoms. The highest BCUT2D eigenvalue weighted by Crippen LogP contribution is 2.34. The number of aryl methyl sites for hydroxylation is 2. The molecule has 2 amide bonds. The second-order valence-electron chi connectivity index (χ2n) is 18.0. The van der Waals surface area contributed by atoms with Gasteiger partial charge in [-0.05, 0) is 58.6 Å². The lowest BCUT2D eigenvalue weighted by Crippen LogP contribution is -2.58. The van der Waals surface area contributed by atoms with E-state index in [1.807, 2.05) is 6.07 Å². The smallest absolute Gasteiger partial charge is 0.260 e. The minimum atomic E-state index is -0.773. The summed E-state index contributed by atoms with van der Waals surface area (Å²) in [5.74, 6) is -2.87. The van der Waals surface area contributed by atoms with Gasteiger partial charge in [0.05, 0.1) is 39.7 Å². The number of pyridine rings is 2. The summed E-state index contributed by atoms with van der Waals surface area (Å²) in [7, 11) is 0. The van der Waals surface area contributed by atoms with Crippen molar-refractivity contribution in [2.45, 2.75) is 71.6 Å². The first-order valence-corrected chi connectivity index (χ1v) is 22.4. The summed E-state index contributed by atoms with van der Waals surface area (Å²) in [5, 5.41) is 13.0. The van der Waals surface area contributed by atoms with Crippen LogP contribution in [0.5, 0.6) is 0 Å². The lowest BCUT2D eigenvalue weighted by molar-refractivity contribution is 0.101. The number of nitrogens with zero attached hydrogens (tertiary/aromatic N) is 10. The van der Waals surface area contributed by atoms with E-state index >= 15 is 4.39 Å². The molecule has 2 aromatic carbocycles. The molecule has 2 saturated heterocycles. The Balaban J connectivity index is 0.822. The molecule has 2 aliphatic rings. The molecule has 6 aromatic heterocycles. The fraction of sp³-hybridized carbons (Fsp3) is 0.333. The van der Waals surface area contributed by atoms with Crippen LogP contribution < -0.4 is 31.1 Å². The van der Waals surface area contributed by atoms with Gasteiger partial charge in [0.15, 0.2) is 22.9 Å². The van der Waals surface area contributed by atoms with Crippen LogP contribution in [0.3, 0.4) is 0 Å². The topological polar surface area (TPSA) is 175 Å². The zero-order chi connectivity index (χ0) is 46.7. The molecule has 10 rings (SSSR count). The first-order valence-electron chi connectivity index (χ1n) is 22.4. The maximum atomic E-state index is 16.2. The Hall–Kier alpha value is -7.25. The molecule has 2 unspecified atom stereocenters. The van der Waals surface area contributed by atoms with E-state index < -0.39 is 29.3 Å². The van der Waals surface area contributed by atoms with Gasteiger partial charge in [-0.25, -0.2) is 23.1 Å². The first-order chi connectivity index (χ1) is 32.3. The third-order valence-corrected chi connectivity index (χ3v) is 12.7. The molecule has 8 heterocycles. The summed E-state index contributed by atoms with van der Waals surface area (Å²) in [6.07, 6.45) is 14.3. The molecule has 2 aliphatic heterocycles. The van der Waals surface area contributed by atoms with Gasteiger partial charge in [0, 0.05) is 118 Å². The number of benzene rings is 2. The lowest BCUT2D eigenvalue weighted by Gasteiger charge is -2.43. The molecule has 0 radical (unpaired) electrons. The van der Waals surface area contributed by atoms with Crippen molar-refractivity contribution in [3.8, 4) is 0 Å². The summed E-state index contributed by atoms with van der Waals surface area (Å²) >= 11 is 0. The van der Waals surface area contributed by atoms with Crippen LogP contribution >= 0.6 is 0 Å². The average molecular weight is 911 g/mol. The summed E-state index contributed by atoms with van der Waals surface area (Å²) in [4.78, 5) is 58.4. The van der Waals surface area contributed by atoms with E-state index in [2.05, 4.69) is 76.8 Å². The zero-order valence-electron chi connectivity index (χ0n) is 37.6. The number of halogens is 3. The predicted octanol–water partition coefficient (Wildman–Crippen LogP) is 6.86. The molecule has 344 valence electrons. The van der Waals surface area contributed by atoms with Crippen molar-refractivity contribution < 1.29 is 22.8 Å². The number of carbonyl (C=O) groups excluding carboxylic acids is 2. The average Bonchev–Trinajstić information content (AvgIpc) is 3.88. The van der Waals surface area contributed by atoms with Crippen LogP contribution in [0.1, 0.15) is 65.7 Å². The largest absolute Gasteiger partial charge is 0.367 e. The second-order valence-corrected chi connectivity index (χ2v) is 18.0.